The van der Waals surface area contributed by atoms with Gasteiger partial charge in [-0.2, -0.15) is 0 Å². The van der Waals surface area contributed by atoms with Gasteiger partial charge in [-0.1, -0.05) is 48.9 Å². The largest absolute Gasteiger partial charge is 0.327 e. The molecule has 2 aromatic carbocycles. The van der Waals surface area contributed by atoms with E-state index in [-0.39, 0.29) is 23.9 Å². The SMILES string of the molecule is Cc1ccccc1NC(=O)CCCCCN1C(=O)[C@@H]2Cc3ccccc3CN2C1=O. The summed E-state index contributed by atoms with van der Waals surface area (Å²) in [7, 11) is 0. The molecule has 2 aliphatic rings. The van der Waals surface area contributed by atoms with Crippen molar-refractivity contribution in [1.82, 2.24) is 9.80 Å². The van der Waals surface area contributed by atoms with Gasteiger partial charge in [0.2, 0.25) is 5.91 Å². The summed E-state index contributed by atoms with van der Waals surface area (Å²) in [4.78, 5) is 40.7. The molecule has 6 nitrogen and oxygen atoms in total. The number of imide groups is 1. The van der Waals surface area contributed by atoms with E-state index in [1.807, 2.05) is 55.5 Å². The Morgan fingerprint density at radius 1 is 1.00 bits per heavy atom. The number of anilines is 1. The van der Waals surface area contributed by atoms with E-state index in [1.165, 1.54) is 4.90 Å². The molecule has 0 radical (unpaired) electrons. The summed E-state index contributed by atoms with van der Waals surface area (Å²) in [5.74, 6) is -0.0979. The third-order valence-corrected chi connectivity index (χ3v) is 5.98. The summed E-state index contributed by atoms with van der Waals surface area (Å²) in [6, 6.07) is 15.1. The number of aryl methyl sites for hydroxylation is 1. The van der Waals surface area contributed by atoms with Gasteiger partial charge in [0, 0.05) is 31.6 Å². The smallest absolute Gasteiger partial charge is 0.326 e. The molecule has 0 bridgehead atoms. The maximum Gasteiger partial charge on any atom is 0.327 e. The number of hydrogen-bond acceptors (Lipinski definition) is 3. The summed E-state index contributed by atoms with van der Waals surface area (Å²) in [5.41, 5.74) is 4.15. The molecule has 2 aliphatic heterocycles. The Morgan fingerprint density at radius 2 is 1.73 bits per heavy atom. The van der Waals surface area contributed by atoms with E-state index >= 15 is 0 Å². The van der Waals surface area contributed by atoms with Crippen LogP contribution in [-0.4, -0.2) is 40.2 Å². The van der Waals surface area contributed by atoms with Crippen LogP contribution in [-0.2, 0) is 22.6 Å². The molecule has 2 heterocycles. The third kappa shape index (κ3) is 4.08. The van der Waals surface area contributed by atoms with Crippen molar-refractivity contribution < 1.29 is 14.4 Å². The van der Waals surface area contributed by atoms with Gasteiger partial charge in [-0.25, -0.2) is 4.79 Å². The zero-order valence-corrected chi connectivity index (χ0v) is 17.3. The highest BCUT2D eigenvalue weighted by Gasteiger charge is 2.46. The van der Waals surface area contributed by atoms with Crippen LogP contribution >= 0.6 is 0 Å². The Hall–Kier alpha value is -3.15. The van der Waals surface area contributed by atoms with Crippen molar-refractivity contribution in [1.29, 1.82) is 0 Å². The quantitative estimate of drug-likeness (QED) is 0.561. The van der Waals surface area contributed by atoms with Gasteiger partial charge >= 0.3 is 6.03 Å². The van der Waals surface area contributed by atoms with Crippen molar-refractivity contribution in [2.24, 2.45) is 0 Å². The minimum Gasteiger partial charge on any atom is -0.326 e. The predicted molar refractivity (Wildman–Crippen MR) is 115 cm³/mol. The van der Waals surface area contributed by atoms with Crippen LogP contribution in [0.2, 0.25) is 0 Å². The van der Waals surface area contributed by atoms with Gasteiger partial charge < -0.3 is 10.2 Å². The fraction of sp³-hybridized carbons (Fsp3) is 0.375. The van der Waals surface area contributed by atoms with Crippen molar-refractivity contribution in [2.45, 2.75) is 51.6 Å². The van der Waals surface area contributed by atoms with Crippen LogP contribution in [0.25, 0.3) is 0 Å². The molecule has 1 saturated heterocycles. The summed E-state index contributed by atoms with van der Waals surface area (Å²) in [6.45, 7) is 2.88. The number of para-hydroxylation sites is 1. The van der Waals surface area contributed by atoms with Crippen LogP contribution in [0.5, 0.6) is 0 Å². The molecule has 0 spiro atoms. The Labute approximate surface area is 176 Å². The predicted octanol–water partition coefficient (Wildman–Crippen LogP) is 3.88. The molecule has 0 unspecified atom stereocenters. The Bertz CT molecular complexity index is 929. The van der Waals surface area contributed by atoms with Gasteiger partial charge in [-0.05, 0) is 42.5 Å². The molecule has 156 valence electrons. The summed E-state index contributed by atoms with van der Waals surface area (Å²) < 4.78 is 0. The molecule has 4 amide bonds. The fourth-order valence-electron chi connectivity index (χ4n) is 4.24. The number of carbonyl (C=O) groups excluding carboxylic acids is 3. The number of rotatable bonds is 7. The number of amides is 4. The number of urea groups is 1. The number of unbranched alkanes of at least 4 members (excludes halogenated alkanes) is 2. The number of carbonyl (C=O) groups is 3. The molecule has 1 N–H and O–H groups in total. The van der Waals surface area contributed by atoms with E-state index in [9.17, 15) is 14.4 Å². The Kier molecular flexibility index (Phi) is 5.84. The lowest BCUT2D eigenvalue weighted by atomic mass is 9.95. The number of nitrogens with one attached hydrogen (secondary N) is 1. The number of benzene rings is 2. The zero-order chi connectivity index (χ0) is 21.1. The third-order valence-electron chi connectivity index (χ3n) is 5.98. The molecule has 0 aromatic heterocycles. The van der Waals surface area contributed by atoms with Crippen LogP contribution in [0.4, 0.5) is 10.5 Å². The van der Waals surface area contributed by atoms with Crippen molar-refractivity contribution in [3.8, 4) is 0 Å². The first-order valence-electron chi connectivity index (χ1n) is 10.6. The average Bonchev–Trinajstić information content (AvgIpc) is 2.97. The molecule has 4 rings (SSSR count). The lowest BCUT2D eigenvalue weighted by Gasteiger charge is -2.28. The lowest BCUT2D eigenvalue weighted by molar-refractivity contribution is -0.128. The number of nitrogens with zero attached hydrogens (tertiary/aromatic N) is 2. The molecule has 6 heteroatoms. The fourth-order valence-corrected chi connectivity index (χ4v) is 4.24. The van der Waals surface area contributed by atoms with E-state index in [4.69, 9.17) is 0 Å². The molecule has 2 aromatic rings. The molecule has 1 fully saturated rings. The maximum absolute atomic E-state index is 12.8. The second kappa shape index (κ2) is 8.69. The van der Waals surface area contributed by atoms with E-state index in [2.05, 4.69) is 5.32 Å². The monoisotopic (exact) mass is 405 g/mol. The molecule has 1 atom stereocenters. The summed E-state index contributed by atoms with van der Waals surface area (Å²) in [5, 5.41) is 2.93. The highest BCUT2D eigenvalue weighted by Crippen LogP contribution is 2.30. The van der Waals surface area contributed by atoms with Crippen LogP contribution in [0, 0.1) is 6.92 Å². The molecule has 0 aliphatic carbocycles. The normalized spacial score (nSPS) is 17.7. The van der Waals surface area contributed by atoms with E-state index in [0.717, 1.165) is 35.2 Å². The molecular formula is C24H27N3O3. The standard InChI is InChI=1S/C24H27N3O3/c1-17-9-4-7-12-20(17)25-22(28)13-3-2-8-14-26-23(29)21-15-18-10-5-6-11-19(18)16-27(21)24(26)30/h4-7,9-12,21H,2-3,8,13-16H2,1H3,(H,25,28)/t21-/m0/s1. The van der Waals surface area contributed by atoms with Gasteiger partial charge in [0.1, 0.15) is 6.04 Å². The van der Waals surface area contributed by atoms with Gasteiger partial charge in [0.25, 0.3) is 5.91 Å². The number of fused-ring (bicyclic) bond motifs is 2. The van der Waals surface area contributed by atoms with E-state index in [0.29, 0.717) is 32.4 Å². The van der Waals surface area contributed by atoms with Crippen molar-refractivity contribution in [2.75, 3.05) is 11.9 Å². The van der Waals surface area contributed by atoms with E-state index < -0.39 is 0 Å². The molecular weight excluding hydrogens is 378 g/mol. The Morgan fingerprint density at radius 3 is 2.53 bits per heavy atom. The molecule has 0 saturated carbocycles. The average molecular weight is 405 g/mol. The highest BCUT2D eigenvalue weighted by atomic mass is 16.2. The second-order valence-corrected chi connectivity index (χ2v) is 8.06. The van der Waals surface area contributed by atoms with Crippen LogP contribution in [0.1, 0.15) is 42.4 Å². The van der Waals surface area contributed by atoms with Crippen LogP contribution in [0.15, 0.2) is 48.5 Å². The lowest BCUT2D eigenvalue weighted by Crippen LogP contribution is -2.39. The maximum atomic E-state index is 12.8. The Balaban J connectivity index is 1.22. The van der Waals surface area contributed by atoms with Gasteiger partial charge in [0.15, 0.2) is 0 Å². The minimum absolute atomic E-state index is 0.00693. The molecule has 30 heavy (non-hydrogen) atoms. The highest BCUT2D eigenvalue weighted by molar-refractivity contribution is 6.04. The summed E-state index contributed by atoms with van der Waals surface area (Å²) in [6.07, 6.45) is 3.26. The first-order chi connectivity index (χ1) is 14.5. The van der Waals surface area contributed by atoms with Crippen LogP contribution < -0.4 is 5.32 Å². The van der Waals surface area contributed by atoms with Gasteiger partial charge in [-0.3, -0.25) is 14.5 Å². The topological polar surface area (TPSA) is 69.7 Å². The van der Waals surface area contributed by atoms with Crippen molar-refractivity contribution in [3.05, 3.63) is 65.2 Å². The van der Waals surface area contributed by atoms with Gasteiger partial charge in [0.05, 0.1) is 0 Å². The van der Waals surface area contributed by atoms with Crippen LogP contribution in [0.3, 0.4) is 0 Å². The first kappa shape index (κ1) is 20.1. The van der Waals surface area contributed by atoms with E-state index in [1.54, 1.807) is 4.90 Å². The van der Waals surface area contributed by atoms with Crippen molar-refractivity contribution >= 4 is 23.5 Å². The van der Waals surface area contributed by atoms with Crippen molar-refractivity contribution in [3.63, 3.8) is 0 Å². The zero-order valence-electron chi connectivity index (χ0n) is 17.3. The first-order valence-corrected chi connectivity index (χ1v) is 10.6. The summed E-state index contributed by atoms with van der Waals surface area (Å²) >= 11 is 0. The second-order valence-electron chi connectivity index (χ2n) is 8.06. The van der Waals surface area contributed by atoms with Gasteiger partial charge in [-0.15, -0.1) is 0 Å². The minimum atomic E-state index is -0.368. The number of hydrogen-bond donors (Lipinski definition) is 1.